The van der Waals surface area contributed by atoms with Gasteiger partial charge in [0, 0.05) is 58.4 Å². The molecule has 37 heavy (non-hydrogen) atoms. The van der Waals surface area contributed by atoms with E-state index in [1.165, 1.54) is 5.56 Å². The van der Waals surface area contributed by atoms with Crippen LogP contribution >= 0.6 is 0 Å². The van der Waals surface area contributed by atoms with E-state index in [4.69, 9.17) is 0 Å². The summed E-state index contributed by atoms with van der Waals surface area (Å²) in [6.45, 7) is 4.07. The monoisotopic (exact) mass is 496 g/mol. The van der Waals surface area contributed by atoms with Crippen molar-refractivity contribution in [2.75, 3.05) is 40.3 Å². The summed E-state index contributed by atoms with van der Waals surface area (Å²) in [5.41, 5.74) is 4.21. The average Bonchev–Trinajstić information content (AvgIpc) is 3.63. The Labute approximate surface area is 220 Å². The minimum absolute atomic E-state index is 0.000359. The number of urea groups is 1. The zero-order chi connectivity index (χ0) is 25.8. The highest BCUT2D eigenvalue weighted by Gasteiger charge is 2.35. The van der Waals surface area contributed by atoms with Gasteiger partial charge in [0.2, 0.25) is 0 Å². The number of hydrogen-bond donors (Lipinski definition) is 0. The summed E-state index contributed by atoms with van der Waals surface area (Å²) in [6, 6.07) is 28.8. The van der Waals surface area contributed by atoms with Gasteiger partial charge in [-0.05, 0) is 41.7 Å². The Kier molecular flexibility index (Phi) is 7.56. The van der Waals surface area contributed by atoms with Gasteiger partial charge in [-0.2, -0.15) is 0 Å². The summed E-state index contributed by atoms with van der Waals surface area (Å²) in [6.07, 6.45) is 1.79. The van der Waals surface area contributed by atoms with Crippen LogP contribution in [0, 0.1) is 0 Å². The van der Waals surface area contributed by atoms with E-state index >= 15 is 0 Å². The average molecular weight is 497 g/mol. The van der Waals surface area contributed by atoms with Gasteiger partial charge >= 0.3 is 6.03 Å². The molecule has 0 radical (unpaired) electrons. The number of carbonyl (C=O) groups is 2. The number of carbonyl (C=O) groups excluding carboxylic acids is 2. The molecule has 3 aromatic carbocycles. The van der Waals surface area contributed by atoms with Gasteiger partial charge < -0.3 is 14.7 Å². The van der Waals surface area contributed by atoms with Crippen molar-refractivity contribution >= 4 is 11.9 Å². The Bertz CT molecular complexity index is 1200. The largest absolute Gasteiger partial charge is 0.337 e. The predicted molar refractivity (Wildman–Crippen MR) is 147 cm³/mol. The molecule has 2 unspecified atom stereocenters. The molecule has 0 N–H and O–H groups in total. The van der Waals surface area contributed by atoms with Gasteiger partial charge in [-0.15, -0.1) is 0 Å². The normalized spacial score (nSPS) is 19.7. The lowest BCUT2D eigenvalue weighted by Crippen LogP contribution is -2.47. The molecule has 2 saturated heterocycles. The van der Waals surface area contributed by atoms with E-state index in [0.29, 0.717) is 18.7 Å². The van der Waals surface area contributed by atoms with Crippen LogP contribution in [-0.2, 0) is 6.54 Å². The Morgan fingerprint density at radius 2 is 1.32 bits per heavy atom. The van der Waals surface area contributed by atoms with Crippen molar-refractivity contribution < 1.29 is 9.59 Å². The molecule has 0 saturated carbocycles. The van der Waals surface area contributed by atoms with Crippen molar-refractivity contribution in [1.82, 2.24) is 19.6 Å². The summed E-state index contributed by atoms with van der Waals surface area (Å²) in [5, 5.41) is 0. The molecule has 6 nitrogen and oxygen atoms in total. The number of likely N-dealkylation sites (N-methyl/N-ethyl adjacent to an activating group) is 2. The van der Waals surface area contributed by atoms with Gasteiger partial charge in [-0.3, -0.25) is 9.69 Å². The Morgan fingerprint density at radius 1 is 0.730 bits per heavy atom. The van der Waals surface area contributed by atoms with Gasteiger partial charge in [0.25, 0.3) is 5.91 Å². The first-order chi connectivity index (χ1) is 18.0. The summed E-state index contributed by atoms with van der Waals surface area (Å²) < 4.78 is 0. The fraction of sp³-hybridized carbons (Fsp3) is 0.355. The maximum Gasteiger partial charge on any atom is 0.320 e. The fourth-order valence-electron chi connectivity index (χ4n) is 5.53. The third-order valence-corrected chi connectivity index (χ3v) is 7.89. The molecule has 0 bridgehead atoms. The van der Waals surface area contributed by atoms with E-state index < -0.39 is 0 Å². The zero-order valence-corrected chi connectivity index (χ0v) is 21.8. The van der Waals surface area contributed by atoms with E-state index in [9.17, 15) is 9.59 Å². The molecule has 0 aromatic heterocycles. The van der Waals surface area contributed by atoms with Crippen molar-refractivity contribution in [2.45, 2.75) is 31.5 Å². The van der Waals surface area contributed by atoms with Crippen molar-refractivity contribution in [2.24, 2.45) is 0 Å². The van der Waals surface area contributed by atoms with Crippen LogP contribution < -0.4 is 0 Å². The minimum atomic E-state index is -0.000359. The first-order valence-electron chi connectivity index (χ1n) is 13.2. The zero-order valence-electron chi connectivity index (χ0n) is 21.8. The highest BCUT2D eigenvalue weighted by molar-refractivity contribution is 5.95. The number of hydrogen-bond acceptors (Lipinski definition) is 3. The predicted octanol–water partition coefficient (Wildman–Crippen LogP) is 4.83. The highest BCUT2D eigenvalue weighted by Crippen LogP contribution is 2.23. The van der Waals surface area contributed by atoms with Crippen LogP contribution in [0.15, 0.2) is 84.9 Å². The minimum Gasteiger partial charge on any atom is -0.337 e. The number of nitrogens with zero attached hydrogens (tertiary/aromatic N) is 4. The smallest absolute Gasteiger partial charge is 0.320 e. The number of rotatable bonds is 6. The van der Waals surface area contributed by atoms with Crippen LogP contribution in [-0.4, -0.2) is 83.9 Å². The quantitative estimate of drug-likeness (QED) is 0.491. The second-order valence-corrected chi connectivity index (χ2v) is 10.3. The fourth-order valence-corrected chi connectivity index (χ4v) is 5.53. The van der Waals surface area contributed by atoms with E-state index in [0.717, 1.165) is 43.6 Å². The summed E-state index contributed by atoms with van der Waals surface area (Å²) in [4.78, 5) is 34.6. The van der Waals surface area contributed by atoms with Gasteiger partial charge in [-0.1, -0.05) is 72.8 Å². The number of likely N-dealkylation sites (tertiary alicyclic amines) is 2. The maximum absolute atomic E-state index is 13.3. The van der Waals surface area contributed by atoms with E-state index in [2.05, 4.69) is 41.3 Å². The molecule has 2 heterocycles. The second kappa shape index (κ2) is 11.2. The molecule has 0 aliphatic carbocycles. The van der Waals surface area contributed by atoms with Gasteiger partial charge in [0.1, 0.15) is 0 Å². The molecule has 6 heteroatoms. The Hall–Kier alpha value is -3.64. The molecule has 192 valence electrons. The lowest BCUT2D eigenvalue weighted by Gasteiger charge is -2.30. The molecule has 2 aliphatic heterocycles. The first kappa shape index (κ1) is 25.0. The van der Waals surface area contributed by atoms with E-state index in [1.807, 2.05) is 77.3 Å². The third kappa shape index (κ3) is 5.70. The second-order valence-electron chi connectivity index (χ2n) is 10.3. The summed E-state index contributed by atoms with van der Waals surface area (Å²) >= 11 is 0. The lowest BCUT2D eigenvalue weighted by molar-refractivity contribution is 0.0734. The summed E-state index contributed by atoms with van der Waals surface area (Å²) in [7, 11) is 3.78. The molecule has 2 atom stereocenters. The molecular weight excluding hydrogens is 460 g/mol. The van der Waals surface area contributed by atoms with Crippen LogP contribution in [0.25, 0.3) is 11.1 Å². The molecule has 0 spiro atoms. The maximum atomic E-state index is 13.3. The van der Waals surface area contributed by atoms with Gasteiger partial charge in [0.15, 0.2) is 0 Å². The molecule has 3 aromatic rings. The lowest BCUT2D eigenvalue weighted by atomic mass is 10.0. The molecular formula is C31H36N4O2. The number of benzene rings is 3. The molecule has 2 aliphatic rings. The summed E-state index contributed by atoms with van der Waals surface area (Å²) in [5.74, 6) is -0.000359. The highest BCUT2D eigenvalue weighted by atomic mass is 16.2. The first-order valence-corrected chi connectivity index (χ1v) is 13.2. The van der Waals surface area contributed by atoms with Crippen LogP contribution in [0.2, 0.25) is 0 Å². The van der Waals surface area contributed by atoms with E-state index in [-0.39, 0.29) is 24.0 Å². The van der Waals surface area contributed by atoms with Crippen molar-refractivity contribution in [1.29, 1.82) is 0 Å². The van der Waals surface area contributed by atoms with Crippen LogP contribution in [0.3, 0.4) is 0 Å². The molecule has 5 rings (SSSR count). The Morgan fingerprint density at radius 3 is 2.03 bits per heavy atom. The van der Waals surface area contributed by atoms with Crippen LogP contribution in [0.1, 0.15) is 28.8 Å². The van der Waals surface area contributed by atoms with Crippen molar-refractivity contribution in [3.63, 3.8) is 0 Å². The molecule has 3 amide bonds. The Balaban J connectivity index is 1.14. The third-order valence-electron chi connectivity index (χ3n) is 7.89. The van der Waals surface area contributed by atoms with Gasteiger partial charge in [0.05, 0.1) is 6.04 Å². The van der Waals surface area contributed by atoms with Crippen molar-refractivity contribution in [3.05, 3.63) is 96.1 Å². The SMILES string of the molecule is CN(C(=O)c1ccc(-c2ccccc2)cc1)C1CCN(C(=O)N(C)C2CCN(Cc3ccccc3)C2)C1. The van der Waals surface area contributed by atoms with Gasteiger partial charge in [-0.25, -0.2) is 4.79 Å². The standard InChI is InChI=1S/C31H36N4O2/c1-32(30(36)27-15-13-26(14-16-27)25-11-7-4-8-12-25)29-18-20-35(23-29)31(37)33(2)28-17-19-34(22-28)21-24-9-5-3-6-10-24/h3-16,28-29H,17-23H2,1-2H3. The topological polar surface area (TPSA) is 47.1 Å². The van der Waals surface area contributed by atoms with Crippen LogP contribution in [0.4, 0.5) is 4.79 Å². The van der Waals surface area contributed by atoms with Crippen LogP contribution in [0.5, 0.6) is 0 Å². The number of amides is 3. The molecule has 2 fully saturated rings. The van der Waals surface area contributed by atoms with E-state index in [1.54, 1.807) is 0 Å². The van der Waals surface area contributed by atoms with Crippen molar-refractivity contribution in [3.8, 4) is 11.1 Å².